The molecule has 4 N–H and O–H groups in total. The van der Waals surface area contributed by atoms with Gasteiger partial charge in [-0.2, -0.15) is 5.26 Å². The Kier molecular flexibility index (Phi) is 4.86. The van der Waals surface area contributed by atoms with Gasteiger partial charge in [0.05, 0.1) is 5.70 Å². The Bertz CT molecular complexity index is 874. The lowest BCUT2D eigenvalue weighted by molar-refractivity contribution is -0.117. The van der Waals surface area contributed by atoms with Gasteiger partial charge in [0, 0.05) is 17.5 Å². The Morgan fingerprint density at radius 1 is 1.32 bits per heavy atom. The van der Waals surface area contributed by atoms with Gasteiger partial charge < -0.3 is 16.4 Å². The van der Waals surface area contributed by atoms with Gasteiger partial charge in [0.2, 0.25) is 0 Å². The van der Waals surface area contributed by atoms with Crippen LogP contribution < -0.4 is 16.4 Å². The monoisotopic (exact) mass is 352 g/mol. The van der Waals surface area contributed by atoms with Gasteiger partial charge in [-0.25, -0.2) is 9.97 Å². The van der Waals surface area contributed by atoms with E-state index in [0.29, 0.717) is 23.1 Å². The van der Waals surface area contributed by atoms with Crippen LogP contribution in [0.25, 0.3) is 5.70 Å². The summed E-state index contributed by atoms with van der Waals surface area (Å²) < 4.78 is 0. The molecule has 1 aromatic carbocycles. The maximum atomic E-state index is 12.2. The highest BCUT2D eigenvalue weighted by atomic mass is 32.2. The molecular formula is C17H16N6OS. The Balaban J connectivity index is 1.78. The van der Waals surface area contributed by atoms with Crippen molar-refractivity contribution in [1.82, 2.24) is 20.6 Å². The van der Waals surface area contributed by atoms with Crippen LogP contribution in [0.3, 0.4) is 0 Å². The van der Waals surface area contributed by atoms with Gasteiger partial charge in [0.1, 0.15) is 28.8 Å². The summed E-state index contributed by atoms with van der Waals surface area (Å²) in [6, 6.07) is 11.3. The highest BCUT2D eigenvalue weighted by Gasteiger charge is 2.27. The maximum Gasteiger partial charge on any atom is 0.266 e. The van der Waals surface area contributed by atoms with Crippen molar-refractivity contribution in [2.75, 3.05) is 5.73 Å². The van der Waals surface area contributed by atoms with Crippen LogP contribution in [-0.4, -0.2) is 21.4 Å². The number of thioether (sulfide) groups is 1. The van der Waals surface area contributed by atoms with Crippen LogP contribution in [0.2, 0.25) is 0 Å². The molecule has 2 aromatic rings. The first-order chi connectivity index (χ1) is 12.1. The summed E-state index contributed by atoms with van der Waals surface area (Å²) >= 11 is 1.44. The van der Waals surface area contributed by atoms with Gasteiger partial charge in [-0.3, -0.25) is 4.79 Å². The van der Waals surface area contributed by atoms with E-state index in [-0.39, 0.29) is 11.1 Å². The van der Waals surface area contributed by atoms with E-state index in [1.54, 1.807) is 13.1 Å². The molecule has 2 heterocycles. The second-order valence-corrected chi connectivity index (χ2v) is 6.46. The highest BCUT2D eigenvalue weighted by molar-refractivity contribution is 7.99. The topological polar surface area (TPSA) is 117 Å². The van der Waals surface area contributed by atoms with Crippen molar-refractivity contribution < 1.29 is 4.79 Å². The average molecular weight is 352 g/mol. The molecule has 0 spiro atoms. The third-order valence-electron chi connectivity index (χ3n) is 3.61. The van der Waals surface area contributed by atoms with E-state index >= 15 is 0 Å². The molecule has 1 unspecified atom stereocenters. The zero-order chi connectivity index (χ0) is 17.8. The number of nitrogens with zero attached hydrogens (tertiary/aromatic N) is 3. The van der Waals surface area contributed by atoms with Gasteiger partial charge in [0.25, 0.3) is 5.91 Å². The van der Waals surface area contributed by atoms with E-state index in [1.807, 2.05) is 36.4 Å². The molecule has 7 nitrogen and oxygen atoms in total. The maximum absolute atomic E-state index is 12.2. The minimum absolute atomic E-state index is 0.0706. The van der Waals surface area contributed by atoms with E-state index in [4.69, 9.17) is 5.73 Å². The van der Waals surface area contributed by atoms with E-state index in [2.05, 4.69) is 20.6 Å². The molecule has 0 bridgehead atoms. The first-order valence-corrected chi connectivity index (χ1v) is 8.60. The molecule has 0 aliphatic carbocycles. The van der Waals surface area contributed by atoms with Crippen LogP contribution in [0.1, 0.15) is 17.0 Å². The number of nitrogen functional groups attached to an aromatic ring is 1. The van der Waals surface area contributed by atoms with Crippen LogP contribution in [0.15, 0.2) is 42.1 Å². The number of hydrogen-bond donors (Lipinski definition) is 3. The van der Waals surface area contributed by atoms with Gasteiger partial charge in [-0.15, -0.1) is 11.8 Å². The molecule has 0 radical (unpaired) electrons. The smallest absolute Gasteiger partial charge is 0.266 e. The second kappa shape index (κ2) is 7.23. The predicted octanol–water partition coefficient (Wildman–Crippen LogP) is 1.54. The number of aromatic nitrogens is 2. The number of benzene rings is 1. The first kappa shape index (κ1) is 16.8. The van der Waals surface area contributed by atoms with Gasteiger partial charge in [-0.05, 0) is 12.5 Å². The van der Waals surface area contributed by atoms with E-state index in [9.17, 15) is 10.1 Å². The van der Waals surface area contributed by atoms with Crippen molar-refractivity contribution in [3.63, 3.8) is 0 Å². The van der Waals surface area contributed by atoms with Crippen molar-refractivity contribution in [3.05, 3.63) is 59.1 Å². The lowest BCUT2D eigenvalue weighted by Crippen LogP contribution is -2.47. The van der Waals surface area contributed by atoms with Crippen molar-refractivity contribution >= 4 is 29.2 Å². The largest absolute Gasteiger partial charge is 0.383 e. The lowest BCUT2D eigenvalue weighted by atomic mass is 10.1. The van der Waals surface area contributed by atoms with Crippen molar-refractivity contribution in [2.45, 2.75) is 18.2 Å². The predicted molar refractivity (Wildman–Crippen MR) is 96.5 cm³/mol. The molecule has 126 valence electrons. The summed E-state index contributed by atoms with van der Waals surface area (Å²) in [6.07, 6.45) is 1.68. The Hall–Kier alpha value is -3.05. The lowest BCUT2D eigenvalue weighted by Gasteiger charge is -2.28. The number of aryl methyl sites for hydroxylation is 1. The molecule has 8 heteroatoms. The van der Waals surface area contributed by atoms with Crippen LogP contribution in [0.5, 0.6) is 0 Å². The Labute approximate surface area is 149 Å². The Morgan fingerprint density at radius 2 is 2.08 bits per heavy atom. The number of rotatable bonds is 4. The normalized spacial score (nSPS) is 16.8. The molecule has 0 saturated carbocycles. The molecule has 1 aliphatic rings. The summed E-state index contributed by atoms with van der Waals surface area (Å²) in [5.41, 5.74) is 7.69. The molecule has 1 atom stereocenters. The van der Waals surface area contributed by atoms with E-state index in [1.165, 1.54) is 11.8 Å². The number of hydrogen-bond acceptors (Lipinski definition) is 7. The molecule has 25 heavy (non-hydrogen) atoms. The zero-order valence-corrected chi connectivity index (χ0v) is 14.3. The summed E-state index contributed by atoms with van der Waals surface area (Å²) in [6.45, 7) is 1.77. The van der Waals surface area contributed by atoms with E-state index in [0.717, 1.165) is 11.1 Å². The van der Waals surface area contributed by atoms with Gasteiger partial charge >= 0.3 is 0 Å². The third kappa shape index (κ3) is 3.72. The van der Waals surface area contributed by atoms with Gasteiger partial charge in [-0.1, -0.05) is 30.3 Å². The van der Waals surface area contributed by atoms with Crippen LogP contribution >= 0.6 is 11.8 Å². The molecule has 1 aliphatic heterocycles. The first-order valence-electron chi connectivity index (χ1n) is 7.55. The average Bonchev–Trinajstić information content (AvgIpc) is 2.61. The standard InChI is InChI=1S/C17H16N6OS/c1-10-20-8-12(15(19)21-10)9-25-17-22-14(11-5-3-2-4-6-11)13(7-18)16(24)23-17/h2-6,8,17,22H,9H2,1H3,(H,23,24)(H2,19,20,21). The molecule has 0 fully saturated rings. The zero-order valence-electron chi connectivity index (χ0n) is 13.5. The van der Waals surface area contributed by atoms with Crippen LogP contribution in [-0.2, 0) is 10.5 Å². The second-order valence-electron chi connectivity index (χ2n) is 5.36. The molecule has 0 saturated heterocycles. The van der Waals surface area contributed by atoms with Crippen LogP contribution in [0, 0.1) is 18.3 Å². The molecular weight excluding hydrogens is 336 g/mol. The Morgan fingerprint density at radius 3 is 2.76 bits per heavy atom. The van der Waals surface area contributed by atoms with Crippen molar-refractivity contribution in [2.24, 2.45) is 0 Å². The van der Waals surface area contributed by atoms with Gasteiger partial charge in [0.15, 0.2) is 0 Å². The van der Waals surface area contributed by atoms with Crippen LogP contribution in [0.4, 0.5) is 5.82 Å². The highest BCUT2D eigenvalue weighted by Crippen LogP contribution is 2.25. The van der Waals surface area contributed by atoms with E-state index < -0.39 is 5.91 Å². The quantitative estimate of drug-likeness (QED) is 0.764. The third-order valence-corrected chi connectivity index (χ3v) is 4.66. The molecule has 3 rings (SSSR count). The summed E-state index contributed by atoms with van der Waals surface area (Å²) in [5.74, 6) is 1.17. The number of carbonyl (C=O) groups excluding carboxylic acids is 1. The number of anilines is 1. The fraction of sp³-hybridized carbons (Fsp3) is 0.176. The SMILES string of the molecule is Cc1ncc(CSC2NC(=O)C(C#N)=C(c3ccccc3)N2)c(N)n1. The van der Waals surface area contributed by atoms with Crippen molar-refractivity contribution in [1.29, 1.82) is 5.26 Å². The van der Waals surface area contributed by atoms with Crippen molar-refractivity contribution in [3.8, 4) is 6.07 Å². The molecule has 1 aromatic heterocycles. The summed E-state index contributed by atoms with van der Waals surface area (Å²) in [4.78, 5) is 20.5. The number of nitriles is 1. The summed E-state index contributed by atoms with van der Waals surface area (Å²) in [7, 11) is 0. The number of carbonyl (C=O) groups is 1. The summed E-state index contributed by atoms with van der Waals surface area (Å²) in [5, 5.41) is 15.3. The fourth-order valence-electron chi connectivity index (χ4n) is 2.36. The fourth-order valence-corrected chi connectivity index (χ4v) is 3.32. The number of amides is 1. The number of nitrogens with one attached hydrogen (secondary N) is 2. The number of nitrogens with two attached hydrogens (primary N) is 1. The molecule has 1 amide bonds. The minimum atomic E-state index is -0.397. The minimum Gasteiger partial charge on any atom is -0.383 e.